The molecular formula is C16H30Cl2N2O2. The molecule has 22 heavy (non-hydrogen) atoms. The van der Waals surface area contributed by atoms with Crippen LogP contribution < -0.4 is 14.8 Å². The van der Waals surface area contributed by atoms with Gasteiger partial charge in [0.25, 0.3) is 0 Å². The van der Waals surface area contributed by atoms with E-state index in [1.165, 1.54) is 6.42 Å². The second-order valence-corrected chi connectivity index (χ2v) is 4.73. The molecule has 4 nitrogen and oxygen atoms in total. The molecule has 0 atom stereocenters. The summed E-state index contributed by atoms with van der Waals surface area (Å²) in [6.45, 7) is 9.67. The predicted octanol–water partition coefficient (Wildman–Crippen LogP) is 3.37. The van der Waals surface area contributed by atoms with Crippen molar-refractivity contribution in [3.05, 3.63) is 23.8 Å². The summed E-state index contributed by atoms with van der Waals surface area (Å²) in [5.41, 5.74) is 1.16. The number of ether oxygens (including phenoxy) is 2. The topological polar surface area (TPSA) is 33.7 Å². The molecule has 0 unspecified atom stereocenters. The molecule has 0 bridgehead atoms. The first kappa shape index (κ1) is 23.6. The molecule has 0 saturated carbocycles. The predicted molar refractivity (Wildman–Crippen MR) is 98.2 cm³/mol. The van der Waals surface area contributed by atoms with Gasteiger partial charge in [-0.05, 0) is 38.7 Å². The van der Waals surface area contributed by atoms with Crippen LogP contribution in [-0.4, -0.2) is 45.3 Å². The zero-order valence-electron chi connectivity index (χ0n) is 14.1. The summed E-state index contributed by atoms with van der Waals surface area (Å²) in [5.74, 6) is 1.70. The Morgan fingerprint density at radius 1 is 1.05 bits per heavy atom. The molecule has 0 aliphatic carbocycles. The maximum Gasteiger partial charge on any atom is 0.127 e. The number of nitrogens with one attached hydrogen (secondary N) is 1. The third-order valence-electron chi connectivity index (χ3n) is 3.53. The zero-order valence-corrected chi connectivity index (χ0v) is 15.7. The Bertz CT molecular complexity index is 388. The molecule has 6 heteroatoms. The van der Waals surface area contributed by atoms with Crippen molar-refractivity contribution in [1.29, 1.82) is 0 Å². The lowest BCUT2D eigenvalue weighted by molar-refractivity contribution is 0.298. The van der Waals surface area contributed by atoms with E-state index in [2.05, 4.69) is 30.1 Å². The van der Waals surface area contributed by atoms with Crippen LogP contribution in [0.1, 0.15) is 25.8 Å². The van der Waals surface area contributed by atoms with Gasteiger partial charge in [-0.25, -0.2) is 0 Å². The minimum atomic E-state index is 0. The summed E-state index contributed by atoms with van der Waals surface area (Å²) in [4.78, 5) is 2.44. The highest BCUT2D eigenvalue weighted by molar-refractivity contribution is 5.85. The Labute approximate surface area is 147 Å². The fourth-order valence-electron chi connectivity index (χ4n) is 2.19. The minimum absolute atomic E-state index is 0. The van der Waals surface area contributed by atoms with E-state index in [1.807, 2.05) is 12.1 Å². The average molecular weight is 353 g/mol. The van der Waals surface area contributed by atoms with E-state index in [0.29, 0.717) is 0 Å². The Balaban J connectivity index is 0. The van der Waals surface area contributed by atoms with Crippen molar-refractivity contribution in [2.24, 2.45) is 0 Å². The molecule has 0 amide bonds. The SMILES string of the molecule is CCN(CC)CCCNCc1ccc(OC)cc1OC.Cl.Cl. The third-order valence-corrected chi connectivity index (χ3v) is 3.53. The van der Waals surface area contributed by atoms with Gasteiger partial charge in [-0.3, -0.25) is 0 Å². The highest BCUT2D eigenvalue weighted by atomic mass is 35.5. The summed E-state index contributed by atoms with van der Waals surface area (Å²) < 4.78 is 10.6. The second-order valence-electron chi connectivity index (χ2n) is 4.73. The summed E-state index contributed by atoms with van der Waals surface area (Å²) in [7, 11) is 3.36. The first-order valence-corrected chi connectivity index (χ1v) is 7.39. The molecular weight excluding hydrogens is 323 g/mol. The smallest absolute Gasteiger partial charge is 0.127 e. The van der Waals surface area contributed by atoms with Crippen LogP contribution in [0, 0.1) is 0 Å². The zero-order chi connectivity index (χ0) is 14.8. The number of halogens is 2. The van der Waals surface area contributed by atoms with Crippen LogP contribution >= 0.6 is 24.8 Å². The molecule has 0 spiro atoms. The Hall–Kier alpha value is -0.680. The van der Waals surface area contributed by atoms with E-state index in [0.717, 1.165) is 49.8 Å². The molecule has 0 fully saturated rings. The van der Waals surface area contributed by atoms with Gasteiger partial charge in [-0.15, -0.1) is 24.8 Å². The van der Waals surface area contributed by atoms with Crippen LogP contribution in [0.3, 0.4) is 0 Å². The van der Waals surface area contributed by atoms with Crippen molar-refractivity contribution >= 4 is 24.8 Å². The first-order valence-electron chi connectivity index (χ1n) is 7.39. The molecule has 0 aromatic heterocycles. The van der Waals surface area contributed by atoms with Crippen LogP contribution in [0.4, 0.5) is 0 Å². The maximum absolute atomic E-state index is 5.39. The van der Waals surface area contributed by atoms with E-state index in [9.17, 15) is 0 Å². The van der Waals surface area contributed by atoms with E-state index in [1.54, 1.807) is 14.2 Å². The highest BCUT2D eigenvalue weighted by Gasteiger charge is 2.04. The van der Waals surface area contributed by atoms with Crippen molar-refractivity contribution in [1.82, 2.24) is 10.2 Å². The lowest BCUT2D eigenvalue weighted by atomic mass is 10.2. The fourth-order valence-corrected chi connectivity index (χ4v) is 2.19. The van der Waals surface area contributed by atoms with Crippen molar-refractivity contribution in [3.8, 4) is 11.5 Å². The van der Waals surface area contributed by atoms with Crippen LogP contribution in [0.2, 0.25) is 0 Å². The molecule has 130 valence electrons. The second kappa shape index (κ2) is 13.9. The molecule has 0 saturated heterocycles. The first-order chi connectivity index (χ1) is 9.74. The lowest BCUT2D eigenvalue weighted by Gasteiger charge is -2.18. The van der Waals surface area contributed by atoms with Crippen molar-refractivity contribution in [2.75, 3.05) is 40.4 Å². The van der Waals surface area contributed by atoms with Gasteiger partial charge in [0.05, 0.1) is 14.2 Å². The number of benzene rings is 1. The van der Waals surface area contributed by atoms with Gasteiger partial charge in [-0.2, -0.15) is 0 Å². The molecule has 0 aliphatic heterocycles. The van der Waals surface area contributed by atoms with Gasteiger partial charge in [0.15, 0.2) is 0 Å². The molecule has 0 radical (unpaired) electrons. The maximum atomic E-state index is 5.39. The number of rotatable bonds is 10. The van der Waals surface area contributed by atoms with E-state index >= 15 is 0 Å². The van der Waals surface area contributed by atoms with Gasteiger partial charge < -0.3 is 19.7 Å². The van der Waals surface area contributed by atoms with E-state index < -0.39 is 0 Å². The van der Waals surface area contributed by atoms with E-state index in [4.69, 9.17) is 9.47 Å². The van der Waals surface area contributed by atoms with Crippen LogP contribution in [0.25, 0.3) is 0 Å². The summed E-state index contributed by atoms with van der Waals surface area (Å²) in [6.07, 6.45) is 1.17. The van der Waals surface area contributed by atoms with Crippen molar-refractivity contribution in [3.63, 3.8) is 0 Å². The van der Waals surface area contributed by atoms with Gasteiger partial charge in [-0.1, -0.05) is 19.9 Å². The van der Waals surface area contributed by atoms with Gasteiger partial charge in [0, 0.05) is 18.2 Å². The number of hydrogen-bond acceptors (Lipinski definition) is 4. The Kier molecular flexibility index (Phi) is 15.0. The molecule has 1 rings (SSSR count). The van der Waals surface area contributed by atoms with E-state index in [-0.39, 0.29) is 24.8 Å². The van der Waals surface area contributed by atoms with Crippen LogP contribution in [0.5, 0.6) is 11.5 Å². The largest absolute Gasteiger partial charge is 0.497 e. The summed E-state index contributed by atoms with van der Waals surface area (Å²) >= 11 is 0. The van der Waals surface area contributed by atoms with Gasteiger partial charge >= 0.3 is 0 Å². The van der Waals surface area contributed by atoms with Crippen LogP contribution in [0.15, 0.2) is 18.2 Å². The summed E-state index contributed by atoms with van der Waals surface area (Å²) in [5, 5.41) is 3.47. The molecule has 0 heterocycles. The highest BCUT2D eigenvalue weighted by Crippen LogP contribution is 2.24. The third kappa shape index (κ3) is 8.08. The van der Waals surface area contributed by atoms with Gasteiger partial charge in [0.1, 0.15) is 11.5 Å². The van der Waals surface area contributed by atoms with Crippen molar-refractivity contribution in [2.45, 2.75) is 26.8 Å². The Morgan fingerprint density at radius 3 is 2.27 bits per heavy atom. The monoisotopic (exact) mass is 352 g/mol. The standard InChI is InChI=1S/C16H28N2O2.2ClH/c1-5-18(6-2)11-7-10-17-13-14-8-9-15(19-3)12-16(14)20-4;;/h8-9,12,17H,5-7,10-11,13H2,1-4H3;2*1H. The van der Waals surface area contributed by atoms with Crippen LogP contribution in [-0.2, 0) is 6.54 Å². The Morgan fingerprint density at radius 2 is 1.73 bits per heavy atom. The van der Waals surface area contributed by atoms with Crippen molar-refractivity contribution < 1.29 is 9.47 Å². The molecule has 1 N–H and O–H groups in total. The minimum Gasteiger partial charge on any atom is -0.497 e. The quantitative estimate of drug-likeness (QED) is 0.654. The average Bonchev–Trinajstić information content (AvgIpc) is 2.50. The molecule has 0 aliphatic rings. The number of hydrogen-bond donors (Lipinski definition) is 1. The molecule has 1 aromatic carbocycles. The number of methoxy groups -OCH3 is 2. The summed E-state index contributed by atoms with van der Waals surface area (Å²) in [6, 6.07) is 5.94. The normalized spacial score (nSPS) is 9.86. The van der Waals surface area contributed by atoms with Gasteiger partial charge in [0.2, 0.25) is 0 Å². The lowest BCUT2D eigenvalue weighted by Crippen LogP contribution is -2.27. The molecule has 1 aromatic rings. The number of nitrogens with zero attached hydrogens (tertiary/aromatic N) is 1. The fraction of sp³-hybridized carbons (Fsp3) is 0.625.